The molecule has 4 heterocycles. The van der Waals surface area contributed by atoms with Crippen molar-refractivity contribution in [2.45, 2.75) is 0 Å². The number of benzene rings is 3. The molecular weight excluding hydrogens is 384 g/mol. The zero-order chi connectivity index (χ0) is 19.7. The SMILES string of the molecule is c1nc2cc3nc(-c4ccc(-c5nc6cc7ncoc7cc6o5)cc4)oc3cc2o1. The average molecular weight is 394 g/mol. The summed E-state index contributed by atoms with van der Waals surface area (Å²) in [4.78, 5) is 17.4. The second-order valence-electron chi connectivity index (χ2n) is 6.90. The number of hydrogen-bond acceptors (Lipinski definition) is 8. The molecule has 142 valence electrons. The van der Waals surface area contributed by atoms with Crippen LogP contribution in [0, 0.1) is 0 Å². The van der Waals surface area contributed by atoms with E-state index in [1.807, 2.05) is 36.4 Å². The molecule has 30 heavy (non-hydrogen) atoms. The number of oxazole rings is 4. The van der Waals surface area contributed by atoms with Gasteiger partial charge in [0.1, 0.15) is 22.1 Å². The van der Waals surface area contributed by atoms with Gasteiger partial charge in [-0.2, -0.15) is 0 Å². The lowest BCUT2D eigenvalue weighted by molar-refractivity contribution is 0.596. The first-order chi connectivity index (χ1) is 14.8. The summed E-state index contributed by atoms with van der Waals surface area (Å²) in [5.41, 5.74) is 7.27. The number of hydrogen-bond donors (Lipinski definition) is 0. The topological polar surface area (TPSA) is 104 Å². The molecule has 0 saturated carbocycles. The minimum atomic E-state index is 0.521. The second-order valence-corrected chi connectivity index (χ2v) is 6.90. The van der Waals surface area contributed by atoms with E-state index in [1.165, 1.54) is 12.8 Å². The van der Waals surface area contributed by atoms with Crippen molar-refractivity contribution in [2.24, 2.45) is 0 Å². The monoisotopic (exact) mass is 394 g/mol. The van der Waals surface area contributed by atoms with Gasteiger partial charge in [0.05, 0.1) is 0 Å². The molecule has 0 N–H and O–H groups in total. The van der Waals surface area contributed by atoms with Crippen molar-refractivity contribution >= 4 is 44.4 Å². The molecule has 0 fully saturated rings. The molecular formula is C22H10N4O4. The molecule has 0 spiro atoms. The molecule has 3 aromatic carbocycles. The van der Waals surface area contributed by atoms with Crippen molar-refractivity contribution in [3.8, 4) is 22.9 Å². The number of fused-ring (bicyclic) bond motifs is 4. The Morgan fingerprint density at radius 3 is 1.43 bits per heavy atom. The van der Waals surface area contributed by atoms with Crippen LogP contribution in [-0.2, 0) is 0 Å². The molecule has 0 bridgehead atoms. The van der Waals surface area contributed by atoms with Gasteiger partial charge in [0.25, 0.3) is 0 Å². The van der Waals surface area contributed by atoms with Gasteiger partial charge in [-0.1, -0.05) is 0 Å². The van der Waals surface area contributed by atoms with E-state index in [-0.39, 0.29) is 0 Å². The van der Waals surface area contributed by atoms with Crippen LogP contribution in [0.15, 0.2) is 79.0 Å². The predicted molar refractivity (Wildman–Crippen MR) is 108 cm³/mol. The third-order valence-electron chi connectivity index (χ3n) is 5.06. The van der Waals surface area contributed by atoms with Gasteiger partial charge in [0.2, 0.25) is 11.8 Å². The third kappa shape index (κ3) is 2.21. The maximum Gasteiger partial charge on any atom is 0.227 e. The lowest BCUT2D eigenvalue weighted by Gasteiger charge is -1.97. The van der Waals surface area contributed by atoms with Gasteiger partial charge in [-0.15, -0.1) is 0 Å². The number of nitrogens with zero attached hydrogens (tertiary/aromatic N) is 4. The molecule has 0 unspecified atom stereocenters. The van der Waals surface area contributed by atoms with Gasteiger partial charge in [-0.25, -0.2) is 19.9 Å². The lowest BCUT2D eigenvalue weighted by Crippen LogP contribution is -1.80. The smallest absolute Gasteiger partial charge is 0.227 e. The third-order valence-corrected chi connectivity index (χ3v) is 5.06. The van der Waals surface area contributed by atoms with Crippen LogP contribution in [0.4, 0.5) is 0 Å². The zero-order valence-electron chi connectivity index (χ0n) is 15.2. The first-order valence-corrected chi connectivity index (χ1v) is 9.18. The van der Waals surface area contributed by atoms with Gasteiger partial charge in [-0.3, -0.25) is 0 Å². The Balaban J connectivity index is 1.28. The molecule has 4 aromatic heterocycles. The predicted octanol–water partition coefficient (Wildman–Crippen LogP) is 5.59. The Kier molecular flexibility index (Phi) is 2.86. The summed E-state index contributed by atoms with van der Waals surface area (Å²) in [5.74, 6) is 1.04. The summed E-state index contributed by atoms with van der Waals surface area (Å²) in [6.45, 7) is 0. The second kappa shape index (κ2) is 5.54. The van der Waals surface area contributed by atoms with Gasteiger partial charge in [0, 0.05) is 23.3 Å². The van der Waals surface area contributed by atoms with Crippen LogP contribution in [0.2, 0.25) is 0 Å². The average Bonchev–Trinajstić information content (AvgIpc) is 3.54. The Labute approximate surface area is 166 Å². The van der Waals surface area contributed by atoms with Crippen molar-refractivity contribution in [3.05, 3.63) is 61.3 Å². The summed E-state index contributed by atoms with van der Waals surface area (Å²) in [6.07, 6.45) is 2.81. The van der Waals surface area contributed by atoms with E-state index in [0.717, 1.165) is 33.2 Å². The maximum atomic E-state index is 5.91. The minimum absolute atomic E-state index is 0.521. The van der Waals surface area contributed by atoms with Crippen LogP contribution in [0.25, 0.3) is 67.3 Å². The van der Waals surface area contributed by atoms with Gasteiger partial charge in [0.15, 0.2) is 35.1 Å². The van der Waals surface area contributed by atoms with Gasteiger partial charge >= 0.3 is 0 Å². The van der Waals surface area contributed by atoms with Crippen molar-refractivity contribution in [1.82, 2.24) is 19.9 Å². The number of rotatable bonds is 2. The summed E-state index contributed by atoms with van der Waals surface area (Å²) < 4.78 is 22.5. The molecule has 0 aliphatic heterocycles. The Morgan fingerprint density at radius 2 is 0.967 bits per heavy atom. The van der Waals surface area contributed by atoms with Crippen LogP contribution < -0.4 is 0 Å². The molecule has 8 heteroatoms. The first-order valence-electron chi connectivity index (χ1n) is 9.18. The number of aromatic nitrogens is 4. The fourth-order valence-corrected chi connectivity index (χ4v) is 3.56. The van der Waals surface area contributed by atoms with E-state index in [4.69, 9.17) is 17.7 Å². The summed E-state index contributed by atoms with van der Waals surface area (Å²) in [6, 6.07) is 15.0. The fraction of sp³-hybridized carbons (Fsp3) is 0. The van der Waals surface area contributed by atoms with E-state index in [9.17, 15) is 0 Å². The standard InChI is InChI=1S/C22H10N4O4/c1-2-12(22-26-16-6-14-18(28-10-24-14)8-20(16)30-22)4-3-11(1)21-25-15-5-13-17(27-9-23-13)7-19(15)29-21/h1-10H. The summed E-state index contributed by atoms with van der Waals surface area (Å²) >= 11 is 0. The Bertz CT molecular complexity index is 1480. The highest BCUT2D eigenvalue weighted by Crippen LogP contribution is 2.31. The first kappa shape index (κ1) is 15.5. The van der Waals surface area contributed by atoms with Gasteiger partial charge in [-0.05, 0) is 36.4 Å². The highest BCUT2D eigenvalue weighted by molar-refractivity contribution is 5.91. The Hall–Kier alpha value is -4.46. The molecule has 0 atom stereocenters. The minimum Gasteiger partial charge on any atom is -0.443 e. The fourth-order valence-electron chi connectivity index (χ4n) is 3.56. The van der Waals surface area contributed by atoms with Crippen LogP contribution >= 0.6 is 0 Å². The molecule has 7 aromatic rings. The van der Waals surface area contributed by atoms with Crippen LogP contribution in [0.3, 0.4) is 0 Å². The van der Waals surface area contributed by atoms with Crippen LogP contribution in [-0.4, -0.2) is 19.9 Å². The highest BCUT2D eigenvalue weighted by atomic mass is 16.4. The zero-order valence-corrected chi connectivity index (χ0v) is 15.2. The molecule has 0 aliphatic carbocycles. The van der Waals surface area contributed by atoms with Crippen LogP contribution in [0.1, 0.15) is 0 Å². The normalized spacial score (nSPS) is 12.0. The largest absolute Gasteiger partial charge is 0.443 e. The van der Waals surface area contributed by atoms with E-state index < -0.39 is 0 Å². The van der Waals surface area contributed by atoms with Crippen molar-refractivity contribution in [3.63, 3.8) is 0 Å². The molecule has 0 saturated heterocycles. The molecule has 0 radical (unpaired) electrons. The van der Waals surface area contributed by atoms with Gasteiger partial charge < -0.3 is 17.7 Å². The molecule has 0 aliphatic rings. The highest BCUT2D eigenvalue weighted by Gasteiger charge is 2.14. The summed E-state index contributed by atoms with van der Waals surface area (Å²) in [5, 5.41) is 0. The van der Waals surface area contributed by atoms with E-state index in [0.29, 0.717) is 34.1 Å². The van der Waals surface area contributed by atoms with E-state index >= 15 is 0 Å². The van der Waals surface area contributed by atoms with Crippen molar-refractivity contribution in [2.75, 3.05) is 0 Å². The van der Waals surface area contributed by atoms with E-state index in [1.54, 1.807) is 12.1 Å². The van der Waals surface area contributed by atoms with Crippen LogP contribution in [0.5, 0.6) is 0 Å². The van der Waals surface area contributed by atoms with Crippen molar-refractivity contribution < 1.29 is 17.7 Å². The molecule has 8 nitrogen and oxygen atoms in total. The van der Waals surface area contributed by atoms with E-state index in [2.05, 4.69) is 19.9 Å². The molecule has 0 amide bonds. The van der Waals surface area contributed by atoms with Crippen molar-refractivity contribution in [1.29, 1.82) is 0 Å². The molecule has 7 rings (SSSR count). The quantitative estimate of drug-likeness (QED) is 0.374. The lowest BCUT2D eigenvalue weighted by atomic mass is 10.1. The Morgan fingerprint density at radius 1 is 0.500 bits per heavy atom. The maximum absolute atomic E-state index is 5.91. The summed E-state index contributed by atoms with van der Waals surface area (Å²) in [7, 11) is 0.